The van der Waals surface area contributed by atoms with Gasteiger partial charge in [0.1, 0.15) is 6.10 Å². The van der Waals surface area contributed by atoms with Gasteiger partial charge in [-0.05, 0) is 6.42 Å². The van der Waals surface area contributed by atoms with Crippen molar-refractivity contribution in [2.45, 2.75) is 32.3 Å². The summed E-state index contributed by atoms with van der Waals surface area (Å²) in [5.74, 6) is -0.981. The Morgan fingerprint density at radius 3 is 2.67 bits per heavy atom. The van der Waals surface area contributed by atoms with E-state index in [0.29, 0.717) is 6.10 Å². The molecular formula is C11H20O4. The van der Waals surface area contributed by atoms with Gasteiger partial charge in [-0.2, -0.15) is 0 Å². The summed E-state index contributed by atoms with van der Waals surface area (Å²) in [6.07, 6.45) is 5.01. The summed E-state index contributed by atoms with van der Waals surface area (Å²) in [7, 11) is 0. The van der Waals surface area contributed by atoms with E-state index in [4.69, 9.17) is 14.6 Å². The molecule has 1 N–H and O–H groups in total. The second-order valence-corrected chi connectivity index (χ2v) is 3.28. The highest BCUT2D eigenvalue weighted by molar-refractivity contribution is 5.78. The molecule has 0 spiro atoms. The van der Waals surface area contributed by atoms with E-state index in [0.717, 1.165) is 25.9 Å². The van der Waals surface area contributed by atoms with Crippen LogP contribution in [0.1, 0.15) is 26.2 Å². The highest BCUT2D eigenvalue weighted by Gasteiger charge is 2.21. The monoisotopic (exact) mass is 216 g/mol. The largest absolute Gasteiger partial charge is 0.478 e. The zero-order chi connectivity index (χ0) is 11.5. The second kappa shape index (κ2) is 9.68. The van der Waals surface area contributed by atoms with Crippen molar-refractivity contribution in [2.24, 2.45) is 0 Å². The van der Waals surface area contributed by atoms with Crippen LogP contribution < -0.4 is 0 Å². The van der Waals surface area contributed by atoms with Crippen LogP contribution in [-0.4, -0.2) is 37.0 Å². The summed E-state index contributed by atoms with van der Waals surface area (Å²) in [5, 5.41) is 7.60. The standard InChI is InChI=1S/C8H16O2.C3H4O2/c1-2-3-4-5-9-6-8-7-10-8;1-2-3(4)5/h8H,2-7H2,1H3;2H,1H2,(H,4,5). The molecule has 1 fully saturated rings. The fraction of sp³-hybridized carbons (Fsp3) is 0.727. The van der Waals surface area contributed by atoms with Gasteiger partial charge in [0.2, 0.25) is 0 Å². The lowest BCUT2D eigenvalue weighted by atomic mass is 10.3. The van der Waals surface area contributed by atoms with Crippen LogP contribution in [0.5, 0.6) is 0 Å². The summed E-state index contributed by atoms with van der Waals surface area (Å²) < 4.78 is 10.3. The molecule has 1 aliphatic heterocycles. The Balaban J connectivity index is 0.000000336. The Morgan fingerprint density at radius 2 is 2.27 bits per heavy atom. The van der Waals surface area contributed by atoms with Crippen LogP contribution in [0.15, 0.2) is 12.7 Å². The predicted molar refractivity (Wildman–Crippen MR) is 57.9 cm³/mol. The number of carbonyl (C=O) groups is 1. The minimum atomic E-state index is -0.981. The zero-order valence-corrected chi connectivity index (χ0v) is 9.28. The quantitative estimate of drug-likeness (QED) is 0.401. The Labute approximate surface area is 90.9 Å². The maximum absolute atomic E-state index is 9.25. The Morgan fingerprint density at radius 1 is 1.67 bits per heavy atom. The summed E-state index contributed by atoms with van der Waals surface area (Å²) in [6, 6.07) is 0. The van der Waals surface area contributed by atoms with Gasteiger partial charge in [-0.1, -0.05) is 26.3 Å². The molecule has 0 amide bonds. The molecular weight excluding hydrogens is 196 g/mol. The molecule has 1 saturated heterocycles. The first kappa shape index (κ1) is 14.1. The molecule has 0 radical (unpaired) electrons. The molecule has 1 heterocycles. The first-order valence-corrected chi connectivity index (χ1v) is 5.25. The molecule has 4 heteroatoms. The van der Waals surface area contributed by atoms with Crippen molar-refractivity contribution in [3.63, 3.8) is 0 Å². The molecule has 0 bridgehead atoms. The minimum absolute atomic E-state index is 0.432. The molecule has 1 atom stereocenters. The third-order valence-corrected chi connectivity index (χ3v) is 1.77. The maximum Gasteiger partial charge on any atom is 0.327 e. The fourth-order valence-corrected chi connectivity index (χ4v) is 0.833. The van der Waals surface area contributed by atoms with Crippen LogP contribution in [0.3, 0.4) is 0 Å². The van der Waals surface area contributed by atoms with Gasteiger partial charge < -0.3 is 14.6 Å². The SMILES string of the molecule is C=CC(=O)O.CCCCCOCC1CO1. The van der Waals surface area contributed by atoms with Crippen molar-refractivity contribution in [1.82, 2.24) is 0 Å². The van der Waals surface area contributed by atoms with Crippen LogP contribution in [0.25, 0.3) is 0 Å². The topological polar surface area (TPSA) is 59.1 Å². The number of ether oxygens (including phenoxy) is 2. The van der Waals surface area contributed by atoms with E-state index in [1.807, 2.05) is 0 Å². The lowest BCUT2D eigenvalue weighted by molar-refractivity contribution is -0.131. The van der Waals surface area contributed by atoms with Crippen LogP contribution in [0.2, 0.25) is 0 Å². The molecule has 4 nitrogen and oxygen atoms in total. The molecule has 15 heavy (non-hydrogen) atoms. The number of unbranched alkanes of at least 4 members (excludes halogenated alkanes) is 2. The lowest BCUT2D eigenvalue weighted by Crippen LogP contribution is -2.02. The first-order valence-electron chi connectivity index (χ1n) is 5.25. The Bertz CT molecular complexity index is 175. The van der Waals surface area contributed by atoms with Gasteiger partial charge in [-0.3, -0.25) is 0 Å². The van der Waals surface area contributed by atoms with Crippen LogP contribution in [0.4, 0.5) is 0 Å². The normalized spacial score (nSPS) is 17.5. The fourth-order valence-electron chi connectivity index (χ4n) is 0.833. The van der Waals surface area contributed by atoms with E-state index in [2.05, 4.69) is 13.5 Å². The average Bonchev–Trinajstić information content (AvgIpc) is 3.02. The molecule has 0 aromatic rings. The number of hydrogen-bond acceptors (Lipinski definition) is 3. The number of carboxylic acid groups (broad SMARTS) is 1. The van der Waals surface area contributed by atoms with E-state index in [1.54, 1.807) is 0 Å². The van der Waals surface area contributed by atoms with Crippen molar-refractivity contribution < 1.29 is 19.4 Å². The third-order valence-electron chi connectivity index (χ3n) is 1.77. The molecule has 1 aliphatic rings. The summed E-state index contributed by atoms with van der Waals surface area (Å²) in [4.78, 5) is 9.25. The Kier molecular flexibility index (Phi) is 9.11. The molecule has 1 unspecified atom stereocenters. The van der Waals surface area contributed by atoms with Gasteiger partial charge in [-0.25, -0.2) is 4.79 Å². The molecule has 0 saturated carbocycles. The zero-order valence-electron chi connectivity index (χ0n) is 9.28. The number of epoxide rings is 1. The first-order chi connectivity index (χ1) is 7.20. The molecule has 1 rings (SSSR count). The van der Waals surface area contributed by atoms with Gasteiger partial charge >= 0.3 is 5.97 Å². The third kappa shape index (κ3) is 13.1. The van der Waals surface area contributed by atoms with E-state index in [1.165, 1.54) is 19.3 Å². The number of rotatable bonds is 7. The van der Waals surface area contributed by atoms with E-state index in [-0.39, 0.29) is 0 Å². The highest BCUT2D eigenvalue weighted by atomic mass is 16.6. The highest BCUT2D eigenvalue weighted by Crippen LogP contribution is 2.08. The molecule has 88 valence electrons. The van der Waals surface area contributed by atoms with Crippen molar-refractivity contribution in [1.29, 1.82) is 0 Å². The van der Waals surface area contributed by atoms with Gasteiger partial charge in [0.05, 0.1) is 13.2 Å². The molecule has 0 aliphatic carbocycles. The van der Waals surface area contributed by atoms with Crippen LogP contribution in [0, 0.1) is 0 Å². The number of aliphatic carboxylic acids is 1. The van der Waals surface area contributed by atoms with Gasteiger partial charge in [0.15, 0.2) is 0 Å². The second-order valence-electron chi connectivity index (χ2n) is 3.28. The smallest absolute Gasteiger partial charge is 0.327 e. The van der Waals surface area contributed by atoms with Crippen molar-refractivity contribution in [3.8, 4) is 0 Å². The average molecular weight is 216 g/mol. The van der Waals surface area contributed by atoms with Crippen LogP contribution >= 0.6 is 0 Å². The molecule has 0 aromatic carbocycles. The minimum Gasteiger partial charge on any atom is -0.478 e. The summed E-state index contributed by atoms with van der Waals surface area (Å²) >= 11 is 0. The van der Waals surface area contributed by atoms with E-state index in [9.17, 15) is 4.79 Å². The van der Waals surface area contributed by atoms with Crippen LogP contribution in [-0.2, 0) is 14.3 Å². The van der Waals surface area contributed by atoms with Crippen molar-refractivity contribution in [3.05, 3.63) is 12.7 Å². The molecule has 0 aromatic heterocycles. The van der Waals surface area contributed by atoms with E-state index >= 15 is 0 Å². The lowest BCUT2D eigenvalue weighted by Gasteiger charge is -1.99. The van der Waals surface area contributed by atoms with Crippen molar-refractivity contribution >= 4 is 5.97 Å². The Hall–Kier alpha value is -0.870. The van der Waals surface area contributed by atoms with Gasteiger partial charge in [-0.15, -0.1) is 0 Å². The van der Waals surface area contributed by atoms with Gasteiger partial charge in [0, 0.05) is 12.7 Å². The predicted octanol–water partition coefficient (Wildman–Crippen LogP) is 1.85. The summed E-state index contributed by atoms with van der Waals surface area (Å²) in [5.41, 5.74) is 0. The summed E-state index contributed by atoms with van der Waals surface area (Å²) in [6.45, 7) is 7.79. The van der Waals surface area contributed by atoms with Crippen molar-refractivity contribution in [2.75, 3.05) is 19.8 Å². The maximum atomic E-state index is 9.25. The number of hydrogen-bond donors (Lipinski definition) is 1. The number of carboxylic acids is 1. The van der Waals surface area contributed by atoms with Gasteiger partial charge in [0.25, 0.3) is 0 Å². The van der Waals surface area contributed by atoms with E-state index < -0.39 is 5.97 Å².